The molecule has 4 aliphatic rings. The number of carbonyl (C=O) groups excluding carboxylic acids is 2. The molecule has 0 saturated heterocycles. The molecule has 2 amide bonds. The third kappa shape index (κ3) is 4.53. The zero-order chi connectivity index (χ0) is 28.0. The van der Waals surface area contributed by atoms with Crippen LogP contribution in [0.25, 0.3) is 0 Å². The van der Waals surface area contributed by atoms with Gasteiger partial charge in [-0.05, 0) is 56.6 Å². The van der Waals surface area contributed by atoms with Crippen LogP contribution in [0.15, 0.2) is 24.3 Å². The molecule has 216 valence electrons. The van der Waals surface area contributed by atoms with Crippen molar-refractivity contribution in [3.05, 3.63) is 64.0 Å². The standard InChI is InChI=1S/C27H25F6N3O3.ClH/c28-14-9-19(29)23(20(30)10-14)26(39)22-18(27(31,32)33)7-13(24(34)37)8-21(22)35(25(26)38)11-12-5-17(6-12)36(15-1-2-15)16-3-4-16;/h7-10,12,15-17,39H,1-6,11H2,(H2,34,37);1H/t12-,17-,26?;. The van der Waals surface area contributed by atoms with Crippen LogP contribution in [-0.2, 0) is 16.6 Å². The van der Waals surface area contributed by atoms with Gasteiger partial charge >= 0.3 is 6.18 Å². The number of benzene rings is 2. The van der Waals surface area contributed by atoms with Crippen molar-refractivity contribution >= 4 is 29.9 Å². The van der Waals surface area contributed by atoms with E-state index in [1.807, 2.05) is 0 Å². The van der Waals surface area contributed by atoms with Crippen molar-refractivity contribution < 1.29 is 41.0 Å². The van der Waals surface area contributed by atoms with Crippen LogP contribution in [0.4, 0.5) is 32.0 Å². The minimum absolute atomic E-state index is 0. The Morgan fingerprint density at radius 1 is 0.975 bits per heavy atom. The minimum Gasteiger partial charge on any atom is -0.371 e. The molecule has 0 spiro atoms. The van der Waals surface area contributed by atoms with Crippen LogP contribution in [0.2, 0.25) is 0 Å². The first-order valence-electron chi connectivity index (χ1n) is 12.8. The van der Waals surface area contributed by atoms with Gasteiger partial charge in [-0.3, -0.25) is 14.5 Å². The summed E-state index contributed by atoms with van der Waals surface area (Å²) >= 11 is 0. The molecule has 3 N–H and O–H groups in total. The van der Waals surface area contributed by atoms with Crippen molar-refractivity contribution in [1.29, 1.82) is 0 Å². The van der Waals surface area contributed by atoms with E-state index in [4.69, 9.17) is 5.73 Å². The second-order valence-electron chi connectivity index (χ2n) is 11.1. The Labute approximate surface area is 231 Å². The van der Waals surface area contributed by atoms with Gasteiger partial charge in [0.15, 0.2) is 0 Å². The quantitative estimate of drug-likeness (QED) is 0.461. The molecule has 0 radical (unpaired) electrons. The van der Waals surface area contributed by atoms with Crippen LogP contribution >= 0.6 is 12.4 Å². The largest absolute Gasteiger partial charge is 0.416 e. The van der Waals surface area contributed by atoms with Crippen molar-refractivity contribution in [3.63, 3.8) is 0 Å². The maximum absolute atomic E-state index is 14.9. The van der Waals surface area contributed by atoms with Crippen LogP contribution in [0.3, 0.4) is 0 Å². The van der Waals surface area contributed by atoms with E-state index in [-0.39, 0.29) is 43.0 Å². The third-order valence-corrected chi connectivity index (χ3v) is 8.29. The van der Waals surface area contributed by atoms with Gasteiger partial charge in [0, 0.05) is 47.9 Å². The predicted octanol–water partition coefficient (Wildman–Crippen LogP) is 4.63. The van der Waals surface area contributed by atoms with E-state index in [0.29, 0.717) is 31.0 Å². The van der Waals surface area contributed by atoms with E-state index in [1.54, 1.807) is 0 Å². The number of anilines is 1. The van der Waals surface area contributed by atoms with Crippen molar-refractivity contribution in [2.75, 3.05) is 11.4 Å². The zero-order valence-corrected chi connectivity index (χ0v) is 21.8. The van der Waals surface area contributed by atoms with Crippen molar-refractivity contribution in [2.45, 2.75) is 68.4 Å². The summed E-state index contributed by atoms with van der Waals surface area (Å²) in [5.74, 6) is -7.63. The molecule has 6 rings (SSSR count). The number of alkyl halides is 3. The van der Waals surface area contributed by atoms with Gasteiger partial charge in [-0.15, -0.1) is 12.4 Å². The average Bonchev–Trinajstić information content (AvgIpc) is 3.72. The molecule has 1 aliphatic heterocycles. The van der Waals surface area contributed by atoms with Crippen molar-refractivity contribution in [2.24, 2.45) is 11.7 Å². The number of rotatable bonds is 7. The Balaban J connectivity index is 0.00000323. The maximum Gasteiger partial charge on any atom is 0.416 e. The topological polar surface area (TPSA) is 86.9 Å². The molecule has 0 bridgehead atoms. The number of carbonyl (C=O) groups is 2. The van der Waals surface area contributed by atoms with Gasteiger partial charge in [-0.25, -0.2) is 13.2 Å². The van der Waals surface area contributed by atoms with Crippen LogP contribution in [0, 0.1) is 23.4 Å². The minimum atomic E-state index is -5.25. The summed E-state index contributed by atoms with van der Waals surface area (Å²) in [6.45, 7) is -0.141. The predicted molar refractivity (Wildman–Crippen MR) is 133 cm³/mol. The van der Waals surface area contributed by atoms with Crippen molar-refractivity contribution in [1.82, 2.24) is 4.90 Å². The highest BCUT2D eigenvalue weighted by Gasteiger charge is 2.59. The number of hydrogen-bond acceptors (Lipinski definition) is 4. The van der Waals surface area contributed by atoms with Crippen LogP contribution < -0.4 is 10.6 Å². The number of amides is 2. The molecule has 6 nitrogen and oxygen atoms in total. The first-order chi connectivity index (χ1) is 18.3. The number of hydrogen-bond donors (Lipinski definition) is 2. The number of primary amides is 1. The fraction of sp³-hybridized carbons (Fsp3) is 0.481. The van der Waals surface area contributed by atoms with Crippen molar-refractivity contribution in [3.8, 4) is 0 Å². The third-order valence-electron chi connectivity index (χ3n) is 8.29. The average molecular weight is 590 g/mol. The molecular formula is C27H26ClF6N3O3. The highest BCUT2D eigenvalue weighted by Crippen LogP contribution is 2.53. The second-order valence-corrected chi connectivity index (χ2v) is 11.1. The lowest BCUT2D eigenvalue weighted by Crippen LogP contribution is -2.51. The van der Waals surface area contributed by atoms with Gasteiger partial charge < -0.3 is 15.7 Å². The zero-order valence-electron chi connectivity index (χ0n) is 21.0. The van der Waals surface area contributed by atoms with Crippen LogP contribution in [-0.4, -0.2) is 46.5 Å². The smallest absolute Gasteiger partial charge is 0.371 e. The molecule has 2 aromatic rings. The van der Waals surface area contributed by atoms with Gasteiger partial charge in [0.05, 0.1) is 16.8 Å². The van der Waals surface area contributed by atoms with Gasteiger partial charge in [0.2, 0.25) is 11.5 Å². The van der Waals surface area contributed by atoms with E-state index in [2.05, 4.69) is 4.90 Å². The molecule has 1 unspecified atom stereocenters. The molecule has 1 heterocycles. The molecular weight excluding hydrogens is 564 g/mol. The lowest BCUT2D eigenvalue weighted by molar-refractivity contribution is -0.142. The summed E-state index contributed by atoms with van der Waals surface area (Å²) in [4.78, 5) is 29.0. The van der Waals surface area contributed by atoms with E-state index in [1.165, 1.54) is 0 Å². The summed E-state index contributed by atoms with van der Waals surface area (Å²) < 4.78 is 86.3. The summed E-state index contributed by atoms with van der Waals surface area (Å²) in [6.07, 6.45) is 0.544. The summed E-state index contributed by atoms with van der Waals surface area (Å²) in [7, 11) is 0. The fourth-order valence-electron chi connectivity index (χ4n) is 6.29. The Bertz CT molecular complexity index is 1360. The SMILES string of the molecule is Cl.NC(=O)c1cc2c(c(C(F)(F)F)c1)C(O)(c1c(F)cc(F)cc1F)C(=O)N2C[C@H]1C[C@H](N(C2CC2)C2CC2)C1. The lowest BCUT2D eigenvalue weighted by atomic mass is 9.78. The molecule has 3 aliphatic carbocycles. The summed E-state index contributed by atoms with van der Waals surface area (Å²) in [5.41, 5.74) is -3.50. The van der Waals surface area contributed by atoms with Gasteiger partial charge in [0.25, 0.3) is 5.91 Å². The second kappa shape index (κ2) is 9.63. The number of halogens is 7. The fourth-order valence-corrected chi connectivity index (χ4v) is 6.29. The molecule has 1 atom stereocenters. The van der Waals surface area contributed by atoms with Gasteiger partial charge in [-0.2, -0.15) is 13.2 Å². The molecule has 3 saturated carbocycles. The molecule has 0 aromatic heterocycles. The Hall–Kier alpha value is -2.83. The highest BCUT2D eigenvalue weighted by atomic mass is 35.5. The normalized spacial score (nSPS) is 26.0. The van der Waals surface area contributed by atoms with E-state index in [9.17, 15) is 41.0 Å². The first-order valence-corrected chi connectivity index (χ1v) is 12.8. The van der Waals surface area contributed by atoms with E-state index < -0.39 is 69.0 Å². The Morgan fingerprint density at radius 2 is 1.52 bits per heavy atom. The molecule has 2 aromatic carbocycles. The van der Waals surface area contributed by atoms with E-state index >= 15 is 0 Å². The number of nitrogens with two attached hydrogens (primary N) is 1. The van der Waals surface area contributed by atoms with E-state index in [0.717, 1.165) is 36.6 Å². The maximum atomic E-state index is 14.9. The first kappa shape index (κ1) is 28.7. The monoisotopic (exact) mass is 589 g/mol. The molecule has 3 fully saturated rings. The molecule has 40 heavy (non-hydrogen) atoms. The van der Waals surface area contributed by atoms with Gasteiger partial charge in [-0.1, -0.05) is 0 Å². The van der Waals surface area contributed by atoms with Crippen LogP contribution in [0.5, 0.6) is 0 Å². The Kier molecular flexibility index (Phi) is 6.91. The highest BCUT2D eigenvalue weighted by molar-refractivity contribution is 6.11. The lowest BCUT2D eigenvalue weighted by Gasteiger charge is -2.45. The Morgan fingerprint density at radius 3 is 2.00 bits per heavy atom. The number of aliphatic hydroxyl groups is 1. The van der Waals surface area contributed by atoms with Gasteiger partial charge in [0.1, 0.15) is 17.5 Å². The van der Waals surface area contributed by atoms with Crippen LogP contribution in [0.1, 0.15) is 65.6 Å². The molecule has 13 heteroatoms. The number of fused-ring (bicyclic) bond motifs is 1. The number of nitrogens with zero attached hydrogens (tertiary/aromatic N) is 2. The summed E-state index contributed by atoms with van der Waals surface area (Å²) in [6, 6.07) is 2.93. The summed E-state index contributed by atoms with van der Waals surface area (Å²) in [5, 5.41) is 11.6.